The van der Waals surface area contributed by atoms with E-state index in [1.165, 1.54) is 17.7 Å². The second-order valence-corrected chi connectivity index (χ2v) is 7.10. The molecule has 0 bridgehead atoms. The molecule has 0 aromatic heterocycles. The first-order valence-electron chi connectivity index (χ1n) is 7.87. The zero-order valence-electron chi connectivity index (χ0n) is 13.1. The minimum absolute atomic E-state index is 0.140. The van der Waals surface area contributed by atoms with Crippen molar-refractivity contribution in [1.29, 1.82) is 0 Å². The van der Waals surface area contributed by atoms with Gasteiger partial charge in [-0.05, 0) is 61.4 Å². The van der Waals surface area contributed by atoms with Crippen LogP contribution in [0.3, 0.4) is 0 Å². The van der Waals surface area contributed by atoms with Crippen LogP contribution in [0, 0.1) is 5.92 Å². The lowest BCUT2D eigenvalue weighted by atomic mass is 10.1. The monoisotopic (exact) mass is 319 g/mol. The van der Waals surface area contributed by atoms with Gasteiger partial charge in [-0.1, -0.05) is 13.0 Å². The maximum atomic E-state index is 13.9. The highest BCUT2D eigenvalue weighted by Gasteiger charge is 2.24. The number of likely N-dealkylation sites (N-methyl/N-ethyl adjacent to an activating group) is 1. The first kappa shape index (κ1) is 15.6. The SMILES string of the molecule is CCSc1ccc(OCC2CC2)c(C2=CC(NC)C(F)=C2)c1. The van der Waals surface area contributed by atoms with E-state index in [1.807, 2.05) is 12.1 Å². The molecule has 0 amide bonds. The summed E-state index contributed by atoms with van der Waals surface area (Å²) in [7, 11) is 1.77. The molecule has 22 heavy (non-hydrogen) atoms. The summed E-state index contributed by atoms with van der Waals surface area (Å²) in [4.78, 5) is 1.19. The normalized spacial score (nSPS) is 20.8. The van der Waals surface area contributed by atoms with Gasteiger partial charge in [-0.25, -0.2) is 4.39 Å². The van der Waals surface area contributed by atoms with Gasteiger partial charge in [-0.2, -0.15) is 0 Å². The molecule has 0 saturated heterocycles. The number of halogens is 1. The van der Waals surface area contributed by atoms with Gasteiger partial charge in [0.1, 0.15) is 11.6 Å². The van der Waals surface area contributed by atoms with Gasteiger partial charge >= 0.3 is 0 Å². The molecule has 1 fully saturated rings. The number of hydrogen-bond acceptors (Lipinski definition) is 3. The zero-order chi connectivity index (χ0) is 15.5. The minimum Gasteiger partial charge on any atom is -0.493 e. The Hall–Kier alpha value is -1.26. The average Bonchev–Trinajstić information content (AvgIpc) is 3.27. The number of nitrogens with one attached hydrogen (secondary N) is 1. The molecule has 1 N–H and O–H groups in total. The van der Waals surface area contributed by atoms with Crippen molar-refractivity contribution in [1.82, 2.24) is 5.32 Å². The maximum Gasteiger partial charge on any atom is 0.127 e. The number of ether oxygens (including phenoxy) is 1. The molecule has 2 aliphatic rings. The number of allylic oxidation sites excluding steroid dienone is 2. The molecule has 1 saturated carbocycles. The largest absolute Gasteiger partial charge is 0.493 e. The fourth-order valence-electron chi connectivity index (χ4n) is 2.54. The highest BCUT2D eigenvalue weighted by atomic mass is 32.2. The van der Waals surface area contributed by atoms with Gasteiger partial charge < -0.3 is 10.1 Å². The quantitative estimate of drug-likeness (QED) is 0.751. The molecule has 1 unspecified atom stereocenters. The number of benzene rings is 1. The molecule has 0 aliphatic heterocycles. The van der Waals surface area contributed by atoms with Crippen LogP contribution in [0.1, 0.15) is 25.3 Å². The summed E-state index contributed by atoms with van der Waals surface area (Å²) in [5.41, 5.74) is 1.90. The molecule has 2 nitrogen and oxygen atoms in total. The van der Waals surface area contributed by atoms with E-state index in [9.17, 15) is 4.39 Å². The predicted molar refractivity (Wildman–Crippen MR) is 91.1 cm³/mol. The second kappa shape index (κ2) is 6.88. The molecule has 1 atom stereocenters. The molecular weight excluding hydrogens is 297 g/mol. The smallest absolute Gasteiger partial charge is 0.127 e. The van der Waals surface area contributed by atoms with Crippen molar-refractivity contribution in [2.24, 2.45) is 5.92 Å². The summed E-state index contributed by atoms with van der Waals surface area (Å²) in [6.45, 7) is 2.90. The lowest BCUT2D eigenvalue weighted by Gasteiger charge is -2.13. The molecule has 0 radical (unpaired) electrons. The third kappa shape index (κ3) is 3.55. The van der Waals surface area contributed by atoms with E-state index in [-0.39, 0.29) is 11.9 Å². The molecule has 118 valence electrons. The highest BCUT2D eigenvalue weighted by molar-refractivity contribution is 7.99. The summed E-state index contributed by atoms with van der Waals surface area (Å²) in [5.74, 6) is 2.44. The van der Waals surface area contributed by atoms with Crippen LogP contribution in [0.2, 0.25) is 0 Å². The van der Waals surface area contributed by atoms with E-state index in [1.54, 1.807) is 24.9 Å². The molecule has 0 spiro atoms. The topological polar surface area (TPSA) is 21.3 Å². The Morgan fingerprint density at radius 1 is 1.36 bits per heavy atom. The highest BCUT2D eigenvalue weighted by Crippen LogP contribution is 2.37. The lowest BCUT2D eigenvalue weighted by Crippen LogP contribution is -2.21. The molecular formula is C18H22FNOS. The Kier molecular flexibility index (Phi) is 4.89. The standard InChI is InChI=1S/C18H22FNOS/c1-3-22-14-6-7-18(21-11-12-4-5-12)15(10-14)13-8-16(19)17(9-13)20-2/h6-10,12,17,20H,3-5,11H2,1-2H3. The Labute approximate surface area is 135 Å². The van der Waals surface area contributed by atoms with Crippen molar-refractivity contribution < 1.29 is 9.13 Å². The Balaban J connectivity index is 1.89. The Morgan fingerprint density at radius 2 is 2.18 bits per heavy atom. The van der Waals surface area contributed by atoms with Crippen molar-refractivity contribution in [3.63, 3.8) is 0 Å². The fourth-order valence-corrected chi connectivity index (χ4v) is 3.24. The van der Waals surface area contributed by atoms with Crippen molar-refractivity contribution in [2.45, 2.75) is 30.7 Å². The van der Waals surface area contributed by atoms with Crippen LogP contribution >= 0.6 is 11.8 Å². The van der Waals surface area contributed by atoms with E-state index in [0.29, 0.717) is 5.92 Å². The van der Waals surface area contributed by atoms with Gasteiger partial charge in [-0.15, -0.1) is 11.8 Å². The summed E-state index contributed by atoms with van der Waals surface area (Å²) >= 11 is 1.79. The molecule has 4 heteroatoms. The van der Waals surface area contributed by atoms with Crippen LogP contribution in [0.5, 0.6) is 5.75 Å². The molecule has 3 rings (SSSR count). The molecule has 1 aromatic carbocycles. The van der Waals surface area contributed by atoms with Crippen LogP contribution in [-0.4, -0.2) is 25.4 Å². The molecule has 2 aliphatic carbocycles. The van der Waals surface area contributed by atoms with Crippen molar-refractivity contribution in [2.75, 3.05) is 19.4 Å². The minimum atomic E-state index is -0.325. The van der Waals surface area contributed by atoms with E-state index in [2.05, 4.69) is 24.4 Å². The van der Waals surface area contributed by atoms with E-state index in [0.717, 1.165) is 29.2 Å². The van der Waals surface area contributed by atoms with Gasteiger partial charge in [0.05, 0.1) is 12.6 Å². The van der Waals surface area contributed by atoms with E-state index >= 15 is 0 Å². The van der Waals surface area contributed by atoms with Gasteiger partial charge in [0.2, 0.25) is 0 Å². The van der Waals surface area contributed by atoms with Crippen LogP contribution < -0.4 is 10.1 Å². The predicted octanol–water partition coefficient (Wildman–Crippen LogP) is 4.43. The van der Waals surface area contributed by atoms with Gasteiger partial charge in [-0.3, -0.25) is 0 Å². The first-order chi connectivity index (χ1) is 10.7. The summed E-state index contributed by atoms with van der Waals surface area (Å²) < 4.78 is 19.9. The van der Waals surface area contributed by atoms with Crippen LogP contribution in [0.15, 0.2) is 41.1 Å². The van der Waals surface area contributed by atoms with E-state index in [4.69, 9.17) is 4.74 Å². The van der Waals surface area contributed by atoms with Crippen molar-refractivity contribution >= 4 is 17.3 Å². The molecule has 0 heterocycles. The van der Waals surface area contributed by atoms with Crippen molar-refractivity contribution in [3.05, 3.63) is 41.7 Å². The second-order valence-electron chi connectivity index (χ2n) is 5.76. The lowest BCUT2D eigenvalue weighted by molar-refractivity contribution is 0.299. The first-order valence-corrected chi connectivity index (χ1v) is 8.86. The third-order valence-electron chi connectivity index (χ3n) is 3.99. The van der Waals surface area contributed by atoms with Gasteiger partial charge in [0, 0.05) is 10.5 Å². The zero-order valence-corrected chi connectivity index (χ0v) is 13.9. The van der Waals surface area contributed by atoms with Crippen LogP contribution in [0.25, 0.3) is 5.57 Å². The van der Waals surface area contributed by atoms with Crippen LogP contribution in [0.4, 0.5) is 4.39 Å². The van der Waals surface area contributed by atoms with Gasteiger partial charge in [0.25, 0.3) is 0 Å². The van der Waals surface area contributed by atoms with E-state index < -0.39 is 0 Å². The van der Waals surface area contributed by atoms with Crippen molar-refractivity contribution in [3.8, 4) is 5.75 Å². The van der Waals surface area contributed by atoms with Crippen LogP contribution in [-0.2, 0) is 0 Å². The third-order valence-corrected chi connectivity index (χ3v) is 4.87. The number of hydrogen-bond donors (Lipinski definition) is 1. The number of thioether (sulfide) groups is 1. The molecule has 1 aromatic rings. The Bertz CT molecular complexity index is 607. The summed E-state index contributed by atoms with van der Waals surface area (Å²) in [6.07, 6.45) is 6.06. The van der Waals surface area contributed by atoms with Gasteiger partial charge in [0.15, 0.2) is 0 Å². The fraction of sp³-hybridized carbons (Fsp3) is 0.444. The summed E-state index contributed by atoms with van der Waals surface area (Å²) in [5, 5.41) is 2.97. The summed E-state index contributed by atoms with van der Waals surface area (Å²) in [6, 6.07) is 5.90. The average molecular weight is 319 g/mol. The maximum absolute atomic E-state index is 13.9. The Morgan fingerprint density at radius 3 is 2.82 bits per heavy atom. The number of rotatable bonds is 7.